The van der Waals surface area contributed by atoms with Crippen molar-refractivity contribution in [2.75, 3.05) is 13.1 Å². The summed E-state index contributed by atoms with van der Waals surface area (Å²) in [5, 5.41) is 6.55. The minimum absolute atomic E-state index is 0.0666. The highest BCUT2D eigenvalue weighted by molar-refractivity contribution is 5.99. The molecule has 0 fully saturated rings. The van der Waals surface area contributed by atoms with Crippen LogP contribution < -0.4 is 16.0 Å². The summed E-state index contributed by atoms with van der Waals surface area (Å²) in [5.74, 6) is -1.96. The lowest BCUT2D eigenvalue weighted by Crippen LogP contribution is -2.50. The molecule has 9 heteroatoms. The Hall–Kier alpha value is -2.58. The van der Waals surface area contributed by atoms with Crippen molar-refractivity contribution in [1.82, 2.24) is 16.0 Å². The Kier molecular flexibility index (Phi) is 8.27. The number of hydrogen-bond acceptors (Lipinski definition) is 3. The topological polar surface area (TPSA) is 87.3 Å². The Morgan fingerprint density at radius 2 is 1.70 bits per heavy atom. The summed E-state index contributed by atoms with van der Waals surface area (Å²) in [6, 6.07) is 5.96. The standard InChI is InChI=1S/C18H24F3N3O3/c1-11(2)8-14(24-16(26)13-7-5-4-6-12(13)3)17(27)22-9-15(25)23-10-18(19,20)21/h4-7,11,14H,8-10H2,1-3H3,(H,22,27)(H,23,25)(H,24,26). The zero-order valence-corrected chi connectivity index (χ0v) is 15.4. The molecule has 3 amide bonds. The summed E-state index contributed by atoms with van der Waals surface area (Å²) in [4.78, 5) is 36.1. The maximum Gasteiger partial charge on any atom is 0.405 e. The van der Waals surface area contributed by atoms with E-state index in [1.54, 1.807) is 36.5 Å². The molecule has 0 aliphatic rings. The molecule has 1 atom stereocenters. The molecule has 0 bridgehead atoms. The van der Waals surface area contributed by atoms with Crippen LogP contribution in [0.3, 0.4) is 0 Å². The fourth-order valence-corrected chi connectivity index (χ4v) is 2.32. The molecule has 1 rings (SSSR count). The molecule has 0 saturated heterocycles. The van der Waals surface area contributed by atoms with Gasteiger partial charge in [-0.3, -0.25) is 14.4 Å². The van der Waals surface area contributed by atoms with E-state index in [2.05, 4.69) is 10.6 Å². The third-order valence-electron chi connectivity index (χ3n) is 3.63. The number of aryl methyl sites for hydroxylation is 1. The largest absolute Gasteiger partial charge is 0.405 e. The molecule has 1 aromatic rings. The summed E-state index contributed by atoms with van der Waals surface area (Å²) in [7, 11) is 0. The van der Waals surface area contributed by atoms with Gasteiger partial charge in [0.2, 0.25) is 11.8 Å². The molecule has 0 aromatic heterocycles. The van der Waals surface area contributed by atoms with Gasteiger partial charge in [-0.15, -0.1) is 0 Å². The number of amides is 3. The van der Waals surface area contributed by atoms with E-state index in [-0.39, 0.29) is 5.92 Å². The maximum atomic E-state index is 12.4. The average molecular weight is 387 g/mol. The second-order valence-electron chi connectivity index (χ2n) is 6.58. The Morgan fingerprint density at radius 3 is 2.26 bits per heavy atom. The van der Waals surface area contributed by atoms with Crippen molar-refractivity contribution in [2.24, 2.45) is 5.92 Å². The number of rotatable bonds is 8. The minimum Gasteiger partial charge on any atom is -0.345 e. The average Bonchev–Trinajstić information content (AvgIpc) is 2.56. The van der Waals surface area contributed by atoms with E-state index in [1.807, 2.05) is 13.8 Å². The number of halogens is 3. The Morgan fingerprint density at radius 1 is 1.07 bits per heavy atom. The van der Waals surface area contributed by atoms with Crippen molar-refractivity contribution >= 4 is 17.7 Å². The number of carbonyl (C=O) groups excluding carboxylic acids is 3. The zero-order valence-electron chi connectivity index (χ0n) is 15.4. The first-order chi connectivity index (χ1) is 12.5. The molecule has 1 unspecified atom stereocenters. The highest BCUT2D eigenvalue weighted by atomic mass is 19.4. The molecule has 0 radical (unpaired) electrons. The highest BCUT2D eigenvalue weighted by Crippen LogP contribution is 2.12. The van der Waals surface area contributed by atoms with Gasteiger partial charge in [0.25, 0.3) is 5.91 Å². The van der Waals surface area contributed by atoms with Crippen molar-refractivity contribution in [3.63, 3.8) is 0 Å². The maximum absolute atomic E-state index is 12.4. The van der Waals surface area contributed by atoms with Crippen molar-refractivity contribution in [1.29, 1.82) is 0 Å². The van der Waals surface area contributed by atoms with E-state index >= 15 is 0 Å². The van der Waals surface area contributed by atoms with Crippen molar-refractivity contribution in [3.8, 4) is 0 Å². The van der Waals surface area contributed by atoms with Gasteiger partial charge < -0.3 is 16.0 Å². The second-order valence-corrected chi connectivity index (χ2v) is 6.58. The molecule has 0 heterocycles. The predicted molar refractivity (Wildman–Crippen MR) is 94.0 cm³/mol. The van der Waals surface area contributed by atoms with E-state index < -0.39 is 43.0 Å². The van der Waals surface area contributed by atoms with Gasteiger partial charge >= 0.3 is 6.18 Å². The van der Waals surface area contributed by atoms with Crippen LogP contribution in [-0.2, 0) is 9.59 Å². The van der Waals surface area contributed by atoms with Gasteiger partial charge in [-0.2, -0.15) is 13.2 Å². The highest BCUT2D eigenvalue weighted by Gasteiger charge is 2.28. The number of hydrogen-bond donors (Lipinski definition) is 3. The van der Waals surface area contributed by atoms with Crippen molar-refractivity contribution in [2.45, 2.75) is 39.4 Å². The Labute approximate surface area is 155 Å². The van der Waals surface area contributed by atoms with Crippen LogP contribution >= 0.6 is 0 Å². The monoisotopic (exact) mass is 387 g/mol. The van der Waals surface area contributed by atoms with Crippen LogP contribution in [0.2, 0.25) is 0 Å². The number of alkyl halides is 3. The lowest BCUT2D eigenvalue weighted by molar-refractivity contribution is -0.138. The van der Waals surface area contributed by atoms with Gasteiger partial charge in [-0.1, -0.05) is 32.0 Å². The van der Waals surface area contributed by atoms with Crippen LogP contribution in [0.25, 0.3) is 0 Å². The van der Waals surface area contributed by atoms with Crippen LogP contribution in [0.4, 0.5) is 13.2 Å². The third-order valence-corrected chi connectivity index (χ3v) is 3.63. The van der Waals surface area contributed by atoms with Gasteiger partial charge in [0, 0.05) is 5.56 Å². The van der Waals surface area contributed by atoms with Crippen LogP contribution in [-0.4, -0.2) is 43.0 Å². The summed E-state index contributed by atoms with van der Waals surface area (Å²) < 4.78 is 36.2. The zero-order chi connectivity index (χ0) is 20.6. The van der Waals surface area contributed by atoms with E-state index in [1.165, 1.54) is 0 Å². The van der Waals surface area contributed by atoms with E-state index in [0.29, 0.717) is 12.0 Å². The second kappa shape index (κ2) is 9.94. The van der Waals surface area contributed by atoms with Gasteiger partial charge in [-0.25, -0.2) is 0 Å². The molecule has 1 aromatic carbocycles. The normalized spacial score (nSPS) is 12.4. The molecule has 27 heavy (non-hydrogen) atoms. The third kappa shape index (κ3) is 8.57. The summed E-state index contributed by atoms with van der Waals surface area (Å²) in [6.45, 7) is 3.40. The summed E-state index contributed by atoms with van der Waals surface area (Å²) in [5.41, 5.74) is 1.16. The van der Waals surface area contributed by atoms with Gasteiger partial charge in [-0.05, 0) is 30.9 Å². The summed E-state index contributed by atoms with van der Waals surface area (Å²) in [6.07, 6.45) is -4.21. The molecular formula is C18H24F3N3O3. The van der Waals surface area contributed by atoms with Crippen molar-refractivity contribution < 1.29 is 27.6 Å². The van der Waals surface area contributed by atoms with Crippen molar-refractivity contribution in [3.05, 3.63) is 35.4 Å². The molecule has 6 nitrogen and oxygen atoms in total. The molecule has 0 saturated carbocycles. The molecule has 3 N–H and O–H groups in total. The molecule has 0 aliphatic carbocycles. The quantitative estimate of drug-likeness (QED) is 0.637. The van der Waals surface area contributed by atoms with Crippen LogP contribution in [0.5, 0.6) is 0 Å². The fourth-order valence-electron chi connectivity index (χ4n) is 2.32. The van der Waals surface area contributed by atoms with E-state index in [9.17, 15) is 27.6 Å². The fraction of sp³-hybridized carbons (Fsp3) is 0.500. The minimum atomic E-state index is -4.53. The lowest BCUT2D eigenvalue weighted by atomic mass is 10.0. The Balaban J connectivity index is 2.67. The molecular weight excluding hydrogens is 363 g/mol. The van der Waals surface area contributed by atoms with Crippen LogP contribution in [0.15, 0.2) is 24.3 Å². The number of nitrogens with one attached hydrogen (secondary N) is 3. The van der Waals surface area contributed by atoms with Crippen LogP contribution in [0.1, 0.15) is 36.2 Å². The molecule has 0 spiro atoms. The SMILES string of the molecule is Cc1ccccc1C(=O)NC(CC(C)C)C(=O)NCC(=O)NCC(F)(F)F. The number of benzene rings is 1. The molecule has 0 aliphatic heterocycles. The van der Waals surface area contributed by atoms with E-state index in [4.69, 9.17) is 0 Å². The van der Waals surface area contributed by atoms with Gasteiger partial charge in [0.15, 0.2) is 0 Å². The van der Waals surface area contributed by atoms with Gasteiger partial charge in [0.1, 0.15) is 12.6 Å². The Bertz CT molecular complexity index is 675. The predicted octanol–water partition coefficient (Wildman–Crippen LogP) is 1.93. The first-order valence-electron chi connectivity index (χ1n) is 8.47. The summed E-state index contributed by atoms with van der Waals surface area (Å²) >= 11 is 0. The van der Waals surface area contributed by atoms with Crippen LogP contribution in [0, 0.1) is 12.8 Å². The first-order valence-corrected chi connectivity index (χ1v) is 8.47. The van der Waals surface area contributed by atoms with E-state index in [0.717, 1.165) is 5.56 Å². The lowest BCUT2D eigenvalue weighted by Gasteiger charge is -2.20. The smallest absolute Gasteiger partial charge is 0.345 e. The number of carbonyl (C=O) groups is 3. The first kappa shape index (κ1) is 22.5. The van der Waals surface area contributed by atoms with Gasteiger partial charge in [0.05, 0.1) is 6.54 Å². The molecule has 150 valence electrons.